The maximum Gasteiger partial charge on any atom is 0.325 e. The summed E-state index contributed by atoms with van der Waals surface area (Å²) in [6.07, 6.45) is 2.36. The predicted octanol–water partition coefficient (Wildman–Crippen LogP) is 0.797. The third-order valence-corrected chi connectivity index (χ3v) is 4.01. The van der Waals surface area contributed by atoms with E-state index in [1.54, 1.807) is 6.92 Å². The molecule has 6 nitrogen and oxygen atoms in total. The molecule has 1 saturated carbocycles. The topological polar surface area (TPSA) is 66.9 Å². The van der Waals surface area contributed by atoms with E-state index < -0.39 is 5.97 Å². The number of hydrogen-bond acceptors (Lipinski definition) is 4. The smallest absolute Gasteiger partial charge is 0.325 e. The first-order valence-electron chi connectivity index (χ1n) is 7.69. The number of carbonyl (C=O) groups is 3. The minimum absolute atomic E-state index is 0.0432. The molecule has 1 heterocycles. The van der Waals surface area contributed by atoms with Gasteiger partial charge in [-0.1, -0.05) is 0 Å². The molecule has 0 aromatic heterocycles. The van der Waals surface area contributed by atoms with Crippen LogP contribution in [0, 0.1) is 5.92 Å². The van der Waals surface area contributed by atoms with E-state index in [0.717, 1.165) is 12.8 Å². The first-order valence-corrected chi connectivity index (χ1v) is 7.69. The van der Waals surface area contributed by atoms with E-state index in [4.69, 9.17) is 4.74 Å². The van der Waals surface area contributed by atoms with Crippen molar-refractivity contribution in [2.24, 2.45) is 5.92 Å². The van der Waals surface area contributed by atoms with E-state index in [-0.39, 0.29) is 36.7 Å². The SMILES string of the molecule is CCOC(=O)CN(C(=O)C1CC(=O)N(C2CC2)C1)C(C)C. The number of rotatable bonds is 6. The number of amides is 2. The summed E-state index contributed by atoms with van der Waals surface area (Å²) >= 11 is 0. The fourth-order valence-corrected chi connectivity index (χ4v) is 2.73. The normalized spacial score (nSPS) is 21.8. The minimum Gasteiger partial charge on any atom is -0.465 e. The largest absolute Gasteiger partial charge is 0.465 e. The Morgan fingerprint density at radius 2 is 2.05 bits per heavy atom. The fourth-order valence-electron chi connectivity index (χ4n) is 2.73. The molecule has 2 rings (SSSR count). The number of ether oxygens (including phenoxy) is 1. The molecule has 0 aromatic carbocycles. The third kappa shape index (κ3) is 3.74. The summed E-state index contributed by atoms with van der Waals surface area (Å²) in [5, 5.41) is 0. The van der Waals surface area contributed by atoms with E-state index in [2.05, 4.69) is 0 Å². The van der Waals surface area contributed by atoms with Crippen LogP contribution < -0.4 is 0 Å². The summed E-state index contributed by atoms with van der Waals surface area (Å²) in [6.45, 7) is 6.23. The van der Waals surface area contributed by atoms with Crippen LogP contribution in [0.15, 0.2) is 0 Å². The molecule has 2 aliphatic rings. The summed E-state index contributed by atoms with van der Waals surface area (Å²) in [4.78, 5) is 39.5. The summed E-state index contributed by atoms with van der Waals surface area (Å²) in [6, 6.07) is 0.250. The van der Waals surface area contributed by atoms with Gasteiger partial charge in [-0.3, -0.25) is 14.4 Å². The van der Waals surface area contributed by atoms with Crippen LogP contribution in [-0.2, 0) is 19.1 Å². The van der Waals surface area contributed by atoms with Gasteiger partial charge in [-0.25, -0.2) is 0 Å². The third-order valence-electron chi connectivity index (χ3n) is 4.01. The van der Waals surface area contributed by atoms with Crippen LogP contribution in [0.1, 0.15) is 40.0 Å². The van der Waals surface area contributed by atoms with Crippen LogP contribution in [0.25, 0.3) is 0 Å². The van der Waals surface area contributed by atoms with E-state index in [1.807, 2.05) is 18.7 Å². The Morgan fingerprint density at radius 1 is 1.38 bits per heavy atom. The number of hydrogen-bond donors (Lipinski definition) is 0. The van der Waals surface area contributed by atoms with E-state index >= 15 is 0 Å². The average molecular weight is 296 g/mol. The van der Waals surface area contributed by atoms with Gasteiger partial charge in [-0.05, 0) is 33.6 Å². The molecule has 2 fully saturated rings. The lowest BCUT2D eigenvalue weighted by Crippen LogP contribution is -2.45. The Morgan fingerprint density at radius 3 is 2.57 bits per heavy atom. The Hall–Kier alpha value is -1.59. The molecule has 0 bridgehead atoms. The van der Waals surface area contributed by atoms with Gasteiger partial charge in [0.05, 0.1) is 12.5 Å². The second-order valence-corrected chi connectivity index (χ2v) is 6.04. The highest BCUT2D eigenvalue weighted by Crippen LogP contribution is 2.33. The molecule has 2 amide bonds. The van der Waals surface area contributed by atoms with Crippen molar-refractivity contribution in [3.05, 3.63) is 0 Å². The lowest BCUT2D eigenvalue weighted by atomic mass is 10.1. The molecule has 118 valence electrons. The molecule has 0 spiro atoms. The van der Waals surface area contributed by atoms with Crippen molar-refractivity contribution in [1.29, 1.82) is 0 Å². The zero-order chi connectivity index (χ0) is 15.6. The van der Waals surface area contributed by atoms with Crippen LogP contribution >= 0.6 is 0 Å². The van der Waals surface area contributed by atoms with Crippen molar-refractivity contribution in [1.82, 2.24) is 9.80 Å². The first kappa shape index (κ1) is 15.8. The number of esters is 1. The molecule has 6 heteroatoms. The van der Waals surface area contributed by atoms with Crippen molar-refractivity contribution < 1.29 is 19.1 Å². The van der Waals surface area contributed by atoms with E-state index in [1.165, 1.54) is 4.90 Å². The lowest BCUT2D eigenvalue weighted by molar-refractivity contribution is -0.151. The standard InChI is InChI=1S/C15H24N2O4/c1-4-21-14(19)9-16(10(2)3)15(20)11-7-13(18)17(8-11)12-5-6-12/h10-12H,4-9H2,1-3H3. The predicted molar refractivity (Wildman–Crippen MR) is 76.3 cm³/mol. The lowest BCUT2D eigenvalue weighted by Gasteiger charge is -2.28. The second kappa shape index (κ2) is 6.45. The van der Waals surface area contributed by atoms with Gasteiger partial charge in [0.25, 0.3) is 0 Å². The van der Waals surface area contributed by atoms with Crippen molar-refractivity contribution in [2.75, 3.05) is 19.7 Å². The molecule has 0 aromatic rings. The van der Waals surface area contributed by atoms with Crippen LogP contribution in [-0.4, -0.2) is 59.4 Å². The van der Waals surface area contributed by atoms with Crippen LogP contribution in [0.5, 0.6) is 0 Å². The van der Waals surface area contributed by atoms with Gasteiger partial charge in [0.15, 0.2) is 0 Å². The maximum absolute atomic E-state index is 12.6. The van der Waals surface area contributed by atoms with Crippen LogP contribution in [0.4, 0.5) is 0 Å². The highest BCUT2D eigenvalue weighted by molar-refractivity contribution is 5.91. The second-order valence-electron chi connectivity index (χ2n) is 6.04. The van der Waals surface area contributed by atoms with Gasteiger partial charge in [-0.15, -0.1) is 0 Å². The zero-order valence-electron chi connectivity index (χ0n) is 13.0. The van der Waals surface area contributed by atoms with Gasteiger partial charge >= 0.3 is 5.97 Å². The Labute approximate surface area is 125 Å². The summed E-state index contributed by atoms with van der Waals surface area (Å²) < 4.78 is 4.92. The molecule has 1 atom stereocenters. The Balaban J connectivity index is 1.98. The Bertz CT molecular complexity index is 431. The molecule has 1 aliphatic carbocycles. The van der Waals surface area contributed by atoms with Crippen molar-refractivity contribution >= 4 is 17.8 Å². The first-order chi connectivity index (χ1) is 9.93. The summed E-state index contributed by atoms with van der Waals surface area (Å²) in [5.41, 5.74) is 0. The van der Waals surface area contributed by atoms with Gasteiger partial charge in [0.1, 0.15) is 6.54 Å². The molecule has 0 N–H and O–H groups in total. The monoisotopic (exact) mass is 296 g/mol. The van der Waals surface area contributed by atoms with Crippen molar-refractivity contribution in [3.63, 3.8) is 0 Å². The average Bonchev–Trinajstić information content (AvgIpc) is 3.18. The highest BCUT2D eigenvalue weighted by atomic mass is 16.5. The molecule has 1 aliphatic heterocycles. The summed E-state index contributed by atoms with van der Waals surface area (Å²) in [5.74, 6) is -0.775. The van der Waals surface area contributed by atoms with E-state index in [9.17, 15) is 14.4 Å². The number of carbonyl (C=O) groups excluding carboxylic acids is 3. The van der Waals surface area contributed by atoms with Gasteiger partial charge in [0, 0.05) is 25.0 Å². The van der Waals surface area contributed by atoms with Crippen molar-refractivity contribution in [2.45, 2.75) is 52.1 Å². The Kier molecular flexibility index (Phi) is 4.85. The molecule has 21 heavy (non-hydrogen) atoms. The molecular formula is C15H24N2O4. The maximum atomic E-state index is 12.6. The highest BCUT2D eigenvalue weighted by Gasteiger charge is 2.43. The molecule has 1 unspecified atom stereocenters. The fraction of sp³-hybridized carbons (Fsp3) is 0.800. The zero-order valence-corrected chi connectivity index (χ0v) is 13.0. The van der Waals surface area contributed by atoms with Crippen LogP contribution in [0.3, 0.4) is 0 Å². The molecule has 1 saturated heterocycles. The quantitative estimate of drug-likeness (QED) is 0.680. The van der Waals surface area contributed by atoms with Gasteiger partial charge in [-0.2, -0.15) is 0 Å². The summed E-state index contributed by atoms with van der Waals surface area (Å²) in [7, 11) is 0. The molecular weight excluding hydrogens is 272 g/mol. The number of nitrogens with zero attached hydrogens (tertiary/aromatic N) is 2. The number of likely N-dealkylation sites (tertiary alicyclic amines) is 1. The van der Waals surface area contributed by atoms with Crippen molar-refractivity contribution in [3.8, 4) is 0 Å². The minimum atomic E-state index is -0.400. The van der Waals surface area contributed by atoms with Gasteiger partial charge < -0.3 is 14.5 Å². The van der Waals surface area contributed by atoms with Gasteiger partial charge in [0.2, 0.25) is 11.8 Å². The molecule has 0 radical (unpaired) electrons. The van der Waals surface area contributed by atoms with E-state index in [0.29, 0.717) is 19.2 Å². The van der Waals surface area contributed by atoms with Crippen LogP contribution in [0.2, 0.25) is 0 Å².